The normalized spacial score (nSPS) is 12.8. The maximum atomic E-state index is 5.58. The second kappa shape index (κ2) is 6.45. The molecule has 0 radical (unpaired) electrons. The fourth-order valence-corrected chi connectivity index (χ4v) is 1.67. The molecule has 16 heavy (non-hydrogen) atoms. The summed E-state index contributed by atoms with van der Waals surface area (Å²) in [6.45, 7) is 4.40. The van der Waals surface area contributed by atoms with Gasteiger partial charge in [-0.1, -0.05) is 19.9 Å². The Morgan fingerprint density at radius 2 is 2.19 bits per heavy atom. The van der Waals surface area contributed by atoms with Gasteiger partial charge in [-0.25, -0.2) is 4.98 Å². The van der Waals surface area contributed by atoms with Crippen molar-refractivity contribution in [1.29, 1.82) is 0 Å². The lowest BCUT2D eigenvalue weighted by Crippen LogP contribution is -2.28. The van der Waals surface area contributed by atoms with Gasteiger partial charge in [0, 0.05) is 11.8 Å². The molecule has 1 aromatic rings. The largest absolute Gasteiger partial charge is 0.481 e. The van der Waals surface area contributed by atoms with E-state index in [9.17, 15) is 0 Å². The van der Waals surface area contributed by atoms with E-state index in [1.165, 1.54) is 0 Å². The number of nitrogens with one attached hydrogen (secondary N) is 1. The molecule has 1 rings (SSSR count). The summed E-state index contributed by atoms with van der Waals surface area (Å²) in [6, 6.07) is 4.00. The van der Waals surface area contributed by atoms with E-state index in [4.69, 9.17) is 10.6 Å². The number of hydrogen-bond donors (Lipinski definition) is 2. The van der Waals surface area contributed by atoms with Crippen LogP contribution in [0.3, 0.4) is 0 Å². The monoisotopic (exact) mass is 223 g/mol. The molecule has 90 valence electrons. The van der Waals surface area contributed by atoms with Crippen molar-refractivity contribution < 1.29 is 4.74 Å². The fourth-order valence-electron chi connectivity index (χ4n) is 1.67. The summed E-state index contributed by atoms with van der Waals surface area (Å²) in [5, 5.41) is 0. The molecule has 1 atom stereocenters. The average Bonchev–Trinajstić information content (AvgIpc) is 2.30. The van der Waals surface area contributed by atoms with Gasteiger partial charge in [0.2, 0.25) is 5.88 Å². The van der Waals surface area contributed by atoms with Crippen LogP contribution in [0.2, 0.25) is 0 Å². The van der Waals surface area contributed by atoms with Crippen molar-refractivity contribution >= 4 is 0 Å². The number of rotatable bonds is 6. The summed E-state index contributed by atoms with van der Waals surface area (Å²) in [7, 11) is 1.63. The molecular weight excluding hydrogens is 202 g/mol. The Kier molecular flexibility index (Phi) is 5.22. The van der Waals surface area contributed by atoms with E-state index in [2.05, 4.69) is 24.3 Å². The van der Waals surface area contributed by atoms with Crippen molar-refractivity contribution in [3.05, 3.63) is 23.9 Å². The van der Waals surface area contributed by atoms with Crippen LogP contribution in [-0.2, 0) is 0 Å². The van der Waals surface area contributed by atoms with Crippen LogP contribution >= 0.6 is 0 Å². The van der Waals surface area contributed by atoms with Crippen LogP contribution in [0.15, 0.2) is 18.3 Å². The summed E-state index contributed by atoms with van der Waals surface area (Å²) >= 11 is 0. The number of nitrogens with zero attached hydrogens (tertiary/aromatic N) is 1. The molecule has 4 heteroatoms. The molecule has 0 bridgehead atoms. The first kappa shape index (κ1) is 12.9. The van der Waals surface area contributed by atoms with E-state index in [1.807, 2.05) is 12.1 Å². The second-order valence-corrected chi connectivity index (χ2v) is 4.29. The molecule has 0 aliphatic rings. The first-order valence-corrected chi connectivity index (χ1v) is 5.64. The van der Waals surface area contributed by atoms with Crippen molar-refractivity contribution in [2.45, 2.75) is 32.7 Å². The Hall–Kier alpha value is -1.13. The zero-order valence-corrected chi connectivity index (χ0v) is 10.2. The Morgan fingerprint density at radius 1 is 1.44 bits per heavy atom. The van der Waals surface area contributed by atoms with E-state index < -0.39 is 0 Å². The van der Waals surface area contributed by atoms with Gasteiger partial charge in [-0.2, -0.15) is 0 Å². The average molecular weight is 223 g/mol. The first-order valence-electron chi connectivity index (χ1n) is 5.64. The third-order valence-corrected chi connectivity index (χ3v) is 2.60. The van der Waals surface area contributed by atoms with Crippen LogP contribution in [0.5, 0.6) is 5.88 Å². The van der Waals surface area contributed by atoms with Crippen molar-refractivity contribution in [1.82, 2.24) is 10.4 Å². The molecule has 1 heterocycles. The molecule has 0 aliphatic heterocycles. The SMILES string of the molecule is COc1ncccc1C(CCC(C)C)NN. The Balaban J connectivity index is 2.77. The lowest BCUT2D eigenvalue weighted by Gasteiger charge is -2.18. The van der Waals surface area contributed by atoms with Crippen LogP contribution in [0.4, 0.5) is 0 Å². The molecule has 0 saturated heterocycles. The predicted octanol–water partition coefficient (Wildman–Crippen LogP) is 2.03. The van der Waals surface area contributed by atoms with Gasteiger partial charge in [0.05, 0.1) is 13.2 Å². The minimum atomic E-state index is 0.103. The molecule has 1 aromatic heterocycles. The van der Waals surface area contributed by atoms with Crippen LogP contribution in [0.25, 0.3) is 0 Å². The highest BCUT2D eigenvalue weighted by molar-refractivity contribution is 5.28. The zero-order valence-electron chi connectivity index (χ0n) is 10.2. The number of pyridine rings is 1. The summed E-state index contributed by atoms with van der Waals surface area (Å²) in [4.78, 5) is 4.18. The van der Waals surface area contributed by atoms with Gasteiger partial charge in [-0.15, -0.1) is 0 Å². The standard InChI is InChI=1S/C12H21N3O/c1-9(2)6-7-11(15-13)10-5-4-8-14-12(10)16-3/h4-5,8-9,11,15H,6-7,13H2,1-3H3. The maximum absolute atomic E-state index is 5.58. The molecule has 1 unspecified atom stereocenters. The second-order valence-electron chi connectivity index (χ2n) is 4.29. The minimum Gasteiger partial charge on any atom is -0.481 e. The van der Waals surface area contributed by atoms with Crippen molar-refractivity contribution in [2.75, 3.05) is 7.11 Å². The van der Waals surface area contributed by atoms with Crippen LogP contribution in [0, 0.1) is 5.92 Å². The molecule has 0 fully saturated rings. The van der Waals surface area contributed by atoms with Crippen LogP contribution in [-0.4, -0.2) is 12.1 Å². The number of nitrogens with two attached hydrogens (primary N) is 1. The van der Waals surface area contributed by atoms with Gasteiger partial charge in [0.25, 0.3) is 0 Å². The van der Waals surface area contributed by atoms with E-state index in [0.29, 0.717) is 11.8 Å². The minimum absolute atomic E-state index is 0.103. The van der Waals surface area contributed by atoms with Gasteiger partial charge in [0.1, 0.15) is 0 Å². The third-order valence-electron chi connectivity index (χ3n) is 2.60. The van der Waals surface area contributed by atoms with Gasteiger partial charge in [-0.3, -0.25) is 11.3 Å². The van der Waals surface area contributed by atoms with E-state index in [-0.39, 0.29) is 6.04 Å². The van der Waals surface area contributed by atoms with E-state index in [0.717, 1.165) is 18.4 Å². The first-order chi connectivity index (χ1) is 7.69. The topological polar surface area (TPSA) is 60.2 Å². The highest BCUT2D eigenvalue weighted by Gasteiger charge is 2.15. The fraction of sp³-hybridized carbons (Fsp3) is 0.583. The number of ether oxygens (including phenoxy) is 1. The molecule has 0 aromatic carbocycles. The molecule has 0 amide bonds. The van der Waals surface area contributed by atoms with Gasteiger partial charge >= 0.3 is 0 Å². The summed E-state index contributed by atoms with van der Waals surface area (Å²) in [5.41, 5.74) is 3.85. The summed E-state index contributed by atoms with van der Waals surface area (Å²) < 4.78 is 5.23. The number of hydrazine groups is 1. The number of hydrogen-bond acceptors (Lipinski definition) is 4. The Bertz CT molecular complexity index is 315. The highest BCUT2D eigenvalue weighted by Crippen LogP contribution is 2.26. The smallest absolute Gasteiger partial charge is 0.217 e. The van der Waals surface area contributed by atoms with Crippen molar-refractivity contribution in [2.24, 2.45) is 11.8 Å². The quantitative estimate of drug-likeness (QED) is 0.572. The predicted molar refractivity (Wildman–Crippen MR) is 64.9 cm³/mol. The van der Waals surface area contributed by atoms with Gasteiger partial charge in [-0.05, 0) is 24.8 Å². The van der Waals surface area contributed by atoms with E-state index >= 15 is 0 Å². The summed E-state index contributed by atoms with van der Waals surface area (Å²) in [6.07, 6.45) is 3.82. The molecule has 0 saturated carbocycles. The van der Waals surface area contributed by atoms with Crippen molar-refractivity contribution in [3.8, 4) is 5.88 Å². The summed E-state index contributed by atoms with van der Waals surface area (Å²) in [5.74, 6) is 6.89. The van der Waals surface area contributed by atoms with E-state index in [1.54, 1.807) is 13.3 Å². The number of aromatic nitrogens is 1. The maximum Gasteiger partial charge on any atom is 0.217 e. The van der Waals surface area contributed by atoms with Gasteiger partial charge in [0.15, 0.2) is 0 Å². The highest BCUT2D eigenvalue weighted by atomic mass is 16.5. The van der Waals surface area contributed by atoms with Crippen molar-refractivity contribution in [3.63, 3.8) is 0 Å². The molecule has 4 nitrogen and oxygen atoms in total. The molecular formula is C12H21N3O. The number of methoxy groups -OCH3 is 1. The third kappa shape index (κ3) is 3.47. The Morgan fingerprint density at radius 3 is 2.75 bits per heavy atom. The van der Waals surface area contributed by atoms with Crippen LogP contribution < -0.4 is 16.0 Å². The van der Waals surface area contributed by atoms with Gasteiger partial charge < -0.3 is 4.74 Å². The molecule has 3 N–H and O–H groups in total. The molecule has 0 aliphatic carbocycles. The zero-order chi connectivity index (χ0) is 12.0. The Labute approximate surface area is 97.2 Å². The lowest BCUT2D eigenvalue weighted by molar-refractivity contribution is 0.373. The molecule has 0 spiro atoms. The lowest BCUT2D eigenvalue weighted by atomic mass is 9.99. The van der Waals surface area contributed by atoms with Crippen LogP contribution in [0.1, 0.15) is 38.3 Å².